The van der Waals surface area contributed by atoms with E-state index in [2.05, 4.69) is 10.1 Å². The zero-order valence-corrected chi connectivity index (χ0v) is 22.1. The number of piperazine rings is 1. The van der Waals surface area contributed by atoms with Crippen molar-refractivity contribution in [2.45, 2.75) is 47.0 Å². The topological polar surface area (TPSA) is 124 Å². The highest BCUT2D eigenvalue weighted by atomic mass is 19.4. The molecule has 2 aromatic heterocycles. The van der Waals surface area contributed by atoms with E-state index in [1.807, 2.05) is 6.07 Å². The van der Waals surface area contributed by atoms with Gasteiger partial charge in [0.05, 0.1) is 94.2 Å². The van der Waals surface area contributed by atoms with Crippen LogP contribution in [0.1, 0.15) is 24.5 Å². The molecular formula is C21H15B8F3N6O4. The zero-order valence-electron chi connectivity index (χ0n) is 22.1. The molecule has 16 radical (unpaired) electrons. The van der Waals surface area contributed by atoms with E-state index < -0.39 is 62.8 Å². The lowest BCUT2D eigenvalue weighted by Gasteiger charge is -2.75. The van der Waals surface area contributed by atoms with Crippen LogP contribution in [0.25, 0.3) is 0 Å². The number of carbonyl (C=O) groups excluding carboxylic acids is 1. The minimum absolute atomic E-state index is 0.127. The monoisotopic (exact) mass is 560 g/mol. The number of aromatic nitrogens is 3. The zero-order chi connectivity index (χ0) is 31.9. The fraction of sp³-hybridized carbons (Fsp3) is 0.476. The number of nitrogens with zero attached hydrogens (tertiary/aromatic N) is 5. The second kappa shape index (κ2) is 11.5. The number of pyridine rings is 1. The Balaban J connectivity index is 1.74. The number of carbonyl (C=O) groups is 1. The van der Waals surface area contributed by atoms with Crippen LogP contribution in [-0.4, -0.2) is 129 Å². The summed E-state index contributed by atoms with van der Waals surface area (Å²) in [5, 5.41) is 4.00. The molecule has 1 amide bonds. The first-order valence-corrected chi connectivity index (χ1v) is 11.9. The van der Waals surface area contributed by atoms with Crippen molar-refractivity contribution in [2.24, 2.45) is 0 Å². The number of aromatic amines is 1. The number of hydrogen-bond donors (Lipinski definition) is 1. The van der Waals surface area contributed by atoms with Gasteiger partial charge in [-0.25, -0.2) is 10.1 Å². The third kappa shape index (κ3) is 5.87. The largest absolute Gasteiger partial charge is 0.486 e. The third-order valence-electron chi connectivity index (χ3n) is 6.36. The van der Waals surface area contributed by atoms with Crippen LogP contribution in [0.15, 0.2) is 29.3 Å². The van der Waals surface area contributed by atoms with E-state index in [9.17, 15) is 22.8 Å². The smallest absolute Gasteiger partial charge is 0.425 e. The van der Waals surface area contributed by atoms with Gasteiger partial charge in [0.15, 0.2) is 11.3 Å². The Morgan fingerprint density at radius 3 is 2.17 bits per heavy atom. The van der Waals surface area contributed by atoms with E-state index in [0.717, 1.165) is 11.1 Å². The van der Waals surface area contributed by atoms with Crippen molar-refractivity contribution in [3.05, 3.63) is 46.0 Å². The SMILES string of the molecule is [B]C1([B])N(C(=O)CCOC[C@H](C)Oc2cn[nH]c(=O)c2C(F)(F)F)C([B])([B])C([B])([B])N(c2ccc(C#N)cn2)C1([B])[B]. The molecule has 1 aliphatic rings. The molecule has 1 fully saturated rings. The van der Waals surface area contributed by atoms with Crippen LogP contribution in [0, 0.1) is 11.3 Å². The Bertz CT molecular complexity index is 1390. The van der Waals surface area contributed by atoms with Gasteiger partial charge in [0.1, 0.15) is 18.0 Å². The van der Waals surface area contributed by atoms with Crippen LogP contribution >= 0.6 is 0 Å². The molecule has 42 heavy (non-hydrogen) atoms. The quantitative estimate of drug-likeness (QED) is 0.280. The molecule has 1 atom stereocenters. The lowest BCUT2D eigenvalue weighted by atomic mass is 9.26. The van der Waals surface area contributed by atoms with Gasteiger partial charge in [0.25, 0.3) is 5.56 Å². The highest BCUT2D eigenvalue weighted by Gasteiger charge is 2.61. The number of H-pyrrole nitrogens is 1. The molecule has 198 valence electrons. The first-order valence-electron chi connectivity index (χ1n) is 11.9. The third-order valence-corrected chi connectivity index (χ3v) is 6.36. The Morgan fingerprint density at radius 1 is 1.07 bits per heavy atom. The summed E-state index contributed by atoms with van der Waals surface area (Å²) in [5.74, 6) is -1.91. The minimum atomic E-state index is -5.00. The maximum absolute atomic E-state index is 13.3. The summed E-state index contributed by atoms with van der Waals surface area (Å²) < 4.78 is 50.2. The van der Waals surface area contributed by atoms with Gasteiger partial charge in [-0.1, -0.05) is 0 Å². The first kappa shape index (κ1) is 33.4. The predicted molar refractivity (Wildman–Crippen MR) is 151 cm³/mol. The Kier molecular flexibility index (Phi) is 9.14. The van der Waals surface area contributed by atoms with Crippen LogP contribution in [-0.2, 0) is 15.7 Å². The van der Waals surface area contributed by atoms with Crippen molar-refractivity contribution in [3.8, 4) is 11.8 Å². The highest BCUT2D eigenvalue weighted by Crippen LogP contribution is 2.44. The second-order valence-corrected chi connectivity index (χ2v) is 9.57. The van der Waals surface area contributed by atoms with Gasteiger partial charge in [0, 0.05) is 6.20 Å². The van der Waals surface area contributed by atoms with Gasteiger partial charge >= 0.3 is 6.18 Å². The number of alkyl halides is 3. The second-order valence-electron chi connectivity index (χ2n) is 9.57. The molecular weight excluding hydrogens is 544 g/mol. The van der Waals surface area contributed by atoms with Crippen LogP contribution in [0.3, 0.4) is 0 Å². The molecule has 3 rings (SSSR count). The van der Waals surface area contributed by atoms with Gasteiger partial charge in [-0.05, 0) is 40.4 Å². The summed E-state index contributed by atoms with van der Waals surface area (Å²) in [6, 6.07) is 4.49. The molecule has 1 saturated heterocycles. The molecule has 10 nitrogen and oxygen atoms in total. The molecule has 3 heterocycles. The fourth-order valence-electron chi connectivity index (χ4n) is 4.22. The molecule has 0 saturated carbocycles. The number of rotatable bonds is 8. The van der Waals surface area contributed by atoms with Gasteiger partial charge in [-0.3, -0.25) is 9.59 Å². The van der Waals surface area contributed by atoms with Gasteiger partial charge < -0.3 is 19.3 Å². The van der Waals surface area contributed by atoms with Crippen molar-refractivity contribution < 1.29 is 27.4 Å². The summed E-state index contributed by atoms with van der Waals surface area (Å²) in [6.45, 7) is 0.640. The van der Waals surface area contributed by atoms with Gasteiger partial charge in [-0.15, -0.1) is 0 Å². The number of amides is 1. The summed E-state index contributed by atoms with van der Waals surface area (Å²) in [7, 11) is 50.0. The number of halogens is 3. The summed E-state index contributed by atoms with van der Waals surface area (Å²) in [4.78, 5) is 30.2. The highest BCUT2D eigenvalue weighted by molar-refractivity contribution is 6.63. The average molecular weight is 559 g/mol. The van der Waals surface area contributed by atoms with Gasteiger partial charge in [0.2, 0.25) is 5.91 Å². The Hall–Kier alpha value is -3.14. The average Bonchev–Trinajstić information content (AvgIpc) is 2.85. The van der Waals surface area contributed by atoms with E-state index in [1.54, 1.807) is 5.10 Å². The Morgan fingerprint density at radius 2 is 1.67 bits per heavy atom. The molecule has 0 bridgehead atoms. The molecule has 21 heteroatoms. The number of nitriles is 1. The number of ether oxygens (including phenoxy) is 2. The maximum atomic E-state index is 13.3. The van der Waals surface area contributed by atoms with E-state index >= 15 is 0 Å². The van der Waals surface area contributed by atoms with Crippen LogP contribution in [0.5, 0.6) is 5.75 Å². The lowest BCUT2D eigenvalue weighted by molar-refractivity contribution is -0.141. The summed E-state index contributed by atoms with van der Waals surface area (Å²) in [5.41, 5.74) is -2.89. The van der Waals surface area contributed by atoms with Crippen LogP contribution < -0.4 is 15.2 Å². The normalized spacial score (nSPS) is 19.4. The molecule has 0 spiro atoms. The van der Waals surface area contributed by atoms with E-state index in [0.29, 0.717) is 11.1 Å². The maximum Gasteiger partial charge on any atom is 0.425 e. The molecule has 2 aromatic rings. The van der Waals surface area contributed by atoms with Crippen molar-refractivity contribution in [1.29, 1.82) is 5.26 Å². The lowest BCUT2D eigenvalue weighted by Crippen LogP contribution is -2.93. The Labute approximate surface area is 250 Å². The number of anilines is 1. The van der Waals surface area contributed by atoms with Crippen molar-refractivity contribution >= 4 is 74.5 Å². The summed E-state index contributed by atoms with van der Waals surface area (Å²) in [6.07, 6.45) is -4.70. The molecule has 0 aromatic carbocycles. The minimum Gasteiger partial charge on any atom is -0.486 e. The fourth-order valence-corrected chi connectivity index (χ4v) is 4.22. The summed E-state index contributed by atoms with van der Waals surface area (Å²) >= 11 is 0. The van der Waals surface area contributed by atoms with E-state index in [-0.39, 0.29) is 24.6 Å². The molecule has 0 unspecified atom stereocenters. The van der Waals surface area contributed by atoms with Crippen molar-refractivity contribution in [3.63, 3.8) is 0 Å². The number of hydrogen-bond acceptors (Lipinski definition) is 8. The van der Waals surface area contributed by atoms with Crippen LogP contribution in [0.2, 0.25) is 0 Å². The molecule has 1 aliphatic heterocycles. The van der Waals surface area contributed by atoms with Gasteiger partial charge in [-0.2, -0.15) is 23.5 Å². The van der Waals surface area contributed by atoms with Crippen LogP contribution in [0.4, 0.5) is 19.0 Å². The van der Waals surface area contributed by atoms with Crippen molar-refractivity contribution in [2.75, 3.05) is 18.1 Å². The van der Waals surface area contributed by atoms with Crippen molar-refractivity contribution in [1.82, 2.24) is 20.1 Å². The molecule has 1 N–H and O–H groups in total. The number of nitrogens with one attached hydrogen (secondary N) is 1. The van der Waals surface area contributed by atoms with E-state index in [4.69, 9.17) is 77.5 Å². The predicted octanol–water partition coefficient (Wildman–Crippen LogP) is -2.46. The van der Waals surface area contributed by atoms with E-state index in [1.165, 1.54) is 19.1 Å². The first-order chi connectivity index (χ1) is 19.2. The molecule has 0 aliphatic carbocycles. The standard InChI is InChI=1S/C21H15B8F3N6O4/c1-10(42-12-8-35-36-16(40)15(12)17(30,31)32)9-41-5-4-14(39)38-20(26,27)18(22,23)37(19(24,25)21(38,28)29)13-3-2-11(6-33)7-34-13/h2-3,7-8,10H,4-5,9H2,1H3,(H,36,40)/t10-/m0/s1.